The molecule has 0 spiro atoms. The topological polar surface area (TPSA) is 96.0 Å². The minimum absolute atomic E-state index is 0.161. The Morgan fingerprint density at radius 1 is 1.06 bits per heavy atom. The largest absolute Gasteiger partial charge is 0.497 e. The van der Waals surface area contributed by atoms with E-state index < -0.39 is 28.5 Å². The van der Waals surface area contributed by atoms with Gasteiger partial charge in [-0.3, -0.25) is 13.9 Å². The van der Waals surface area contributed by atoms with Gasteiger partial charge in [0.1, 0.15) is 18.3 Å². The SMILES string of the molecule is CCCCNC(=O)C(CC)N(Cc1ccc(OC)cc1)C(=O)CN(c1ccccc1C)S(C)(=O)=O. The van der Waals surface area contributed by atoms with Gasteiger partial charge in [-0.05, 0) is 49.1 Å². The lowest BCUT2D eigenvalue weighted by atomic mass is 10.1. The van der Waals surface area contributed by atoms with Crippen LogP contribution in [0.5, 0.6) is 5.75 Å². The number of carbonyl (C=O) groups is 2. The van der Waals surface area contributed by atoms with Gasteiger partial charge in [0.05, 0.1) is 19.1 Å². The van der Waals surface area contributed by atoms with E-state index >= 15 is 0 Å². The highest BCUT2D eigenvalue weighted by Gasteiger charge is 2.32. The van der Waals surface area contributed by atoms with Crippen LogP contribution in [0.3, 0.4) is 0 Å². The van der Waals surface area contributed by atoms with E-state index in [0.29, 0.717) is 24.4 Å². The zero-order valence-corrected chi connectivity index (χ0v) is 22.1. The molecule has 0 aliphatic carbocycles. The molecular weight excluding hydrogens is 466 g/mol. The van der Waals surface area contributed by atoms with Crippen LogP contribution in [0, 0.1) is 6.92 Å². The van der Waals surface area contributed by atoms with Crippen LogP contribution in [0.2, 0.25) is 0 Å². The highest BCUT2D eigenvalue weighted by molar-refractivity contribution is 7.92. The predicted octanol–water partition coefficient (Wildman–Crippen LogP) is 3.49. The first-order valence-corrected chi connectivity index (χ1v) is 13.7. The molecular formula is C26H37N3O5S. The van der Waals surface area contributed by atoms with E-state index in [1.807, 2.05) is 32.0 Å². The number of nitrogens with zero attached hydrogens (tertiary/aromatic N) is 2. The van der Waals surface area contributed by atoms with Gasteiger partial charge in [-0.1, -0.05) is 50.6 Å². The van der Waals surface area contributed by atoms with E-state index in [1.54, 1.807) is 44.4 Å². The Labute approximate surface area is 209 Å². The normalized spacial score (nSPS) is 12.0. The molecule has 0 aliphatic heterocycles. The van der Waals surface area contributed by atoms with Crippen molar-refractivity contribution in [2.24, 2.45) is 0 Å². The molecule has 1 unspecified atom stereocenters. The summed E-state index contributed by atoms with van der Waals surface area (Å²) in [5.74, 6) is -0.0182. The van der Waals surface area contributed by atoms with Crippen LogP contribution >= 0.6 is 0 Å². The highest BCUT2D eigenvalue weighted by Crippen LogP contribution is 2.23. The maximum absolute atomic E-state index is 13.7. The molecule has 1 N–H and O–H groups in total. The number of sulfonamides is 1. The van der Waals surface area contributed by atoms with E-state index in [4.69, 9.17) is 4.74 Å². The summed E-state index contributed by atoms with van der Waals surface area (Å²) >= 11 is 0. The van der Waals surface area contributed by atoms with Crippen LogP contribution in [0.15, 0.2) is 48.5 Å². The molecule has 2 aromatic rings. The van der Waals surface area contributed by atoms with Crippen molar-refractivity contribution in [1.82, 2.24) is 10.2 Å². The molecule has 0 aliphatic rings. The Hall–Kier alpha value is -3.07. The minimum atomic E-state index is -3.75. The number of nitrogens with one attached hydrogen (secondary N) is 1. The molecule has 0 saturated heterocycles. The number of para-hydroxylation sites is 1. The fourth-order valence-corrected chi connectivity index (χ4v) is 4.70. The first-order chi connectivity index (χ1) is 16.6. The first-order valence-electron chi connectivity index (χ1n) is 11.9. The van der Waals surface area contributed by atoms with Crippen molar-refractivity contribution in [2.75, 3.05) is 30.8 Å². The van der Waals surface area contributed by atoms with E-state index in [-0.39, 0.29) is 12.5 Å². The van der Waals surface area contributed by atoms with Crippen molar-refractivity contribution in [2.45, 2.75) is 52.6 Å². The summed E-state index contributed by atoms with van der Waals surface area (Å²) < 4.78 is 31.7. The number of carbonyl (C=O) groups excluding carboxylic acids is 2. The number of hydrogen-bond donors (Lipinski definition) is 1. The second-order valence-corrected chi connectivity index (χ2v) is 10.4. The summed E-state index contributed by atoms with van der Waals surface area (Å²) in [6.07, 6.45) is 3.24. The fourth-order valence-electron chi connectivity index (χ4n) is 3.79. The second kappa shape index (κ2) is 13.1. The van der Waals surface area contributed by atoms with Gasteiger partial charge in [-0.2, -0.15) is 0 Å². The molecule has 2 rings (SSSR count). The number of ether oxygens (including phenoxy) is 1. The van der Waals surface area contributed by atoms with E-state index in [2.05, 4.69) is 5.32 Å². The maximum Gasteiger partial charge on any atom is 0.244 e. The number of unbranched alkanes of at least 4 members (excludes halogenated alkanes) is 1. The van der Waals surface area contributed by atoms with Gasteiger partial charge in [0.2, 0.25) is 21.8 Å². The number of benzene rings is 2. The molecule has 1 atom stereocenters. The molecule has 35 heavy (non-hydrogen) atoms. The molecule has 0 heterocycles. The molecule has 0 saturated carbocycles. The standard InChI is InChI=1S/C26H37N3O5S/c1-6-8-17-27-26(31)23(7-2)28(18-21-13-15-22(34-4)16-14-21)25(30)19-29(35(5,32)33)24-12-10-9-11-20(24)3/h9-16,23H,6-8,17-19H2,1-5H3,(H,27,31). The van der Waals surface area contributed by atoms with Crippen LogP contribution in [-0.2, 0) is 26.2 Å². The quantitative estimate of drug-likeness (QED) is 0.422. The van der Waals surface area contributed by atoms with E-state index in [1.165, 1.54) is 4.90 Å². The first kappa shape index (κ1) is 28.2. The van der Waals surface area contributed by atoms with Crippen molar-refractivity contribution < 1.29 is 22.7 Å². The third-order valence-corrected chi connectivity index (χ3v) is 6.92. The number of hydrogen-bond acceptors (Lipinski definition) is 5. The summed E-state index contributed by atoms with van der Waals surface area (Å²) in [6, 6.07) is 13.5. The Morgan fingerprint density at radius 2 is 1.71 bits per heavy atom. The highest BCUT2D eigenvalue weighted by atomic mass is 32.2. The number of methoxy groups -OCH3 is 1. The van der Waals surface area contributed by atoms with Crippen molar-refractivity contribution in [3.63, 3.8) is 0 Å². The third kappa shape index (κ3) is 7.99. The Kier molecular flexibility index (Phi) is 10.6. The van der Waals surface area contributed by atoms with Crippen molar-refractivity contribution in [3.05, 3.63) is 59.7 Å². The van der Waals surface area contributed by atoms with Gasteiger partial charge in [0, 0.05) is 13.1 Å². The van der Waals surface area contributed by atoms with Crippen molar-refractivity contribution in [3.8, 4) is 5.75 Å². The van der Waals surface area contributed by atoms with Gasteiger partial charge < -0.3 is 15.0 Å². The Morgan fingerprint density at radius 3 is 2.26 bits per heavy atom. The lowest BCUT2D eigenvalue weighted by molar-refractivity contribution is -0.140. The molecule has 9 heteroatoms. The molecule has 8 nitrogen and oxygen atoms in total. The molecule has 0 radical (unpaired) electrons. The second-order valence-electron chi connectivity index (χ2n) is 8.49. The van der Waals surface area contributed by atoms with Crippen LogP contribution < -0.4 is 14.4 Å². The van der Waals surface area contributed by atoms with Gasteiger partial charge >= 0.3 is 0 Å². The van der Waals surface area contributed by atoms with Gasteiger partial charge in [0.15, 0.2) is 0 Å². The lowest BCUT2D eigenvalue weighted by Gasteiger charge is -2.33. The van der Waals surface area contributed by atoms with Crippen LogP contribution in [0.4, 0.5) is 5.69 Å². The Bertz CT molecular complexity index is 1090. The maximum atomic E-state index is 13.7. The summed E-state index contributed by atoms with van der Waals surface area (Å²) in [5.41, 5.74) is 1.98. The molecule has 192 valence electrons. The molecule has 0 aromatic heterocycles. The predicted molar refractivity (Wildman–Crippen MR) is 139 cm³/mol. The average molecular weight is 504 g/mol. The smallest absolute Gasteiger partial charge is 0.244 e. The summed E-state index contributed by atoms with van der Waals surface area (Å²) in [5, 5.41) is 2.91. The van der Waals surface area contributed by atoms with E-state index in [9.17, 15) is 18.0 Å². The number of amides is 2. The van der Waals surface area contributed by atoms with Crippen molar-refractivity contribution >= 4 is 27.5 Å². The summed E-state index contributed by atoms with van der Waals surface area (Å²) in [6.45, 7) is 5.95. The third-order valence-electron chi connectivity index (χ3n) is 5.79. The number of rotatable bonds is 13. The molecule has 2 amide bonds. The van der Waals surface area contributed by atoms with Crippen LogP contribution in [-0.4, -0.2) is 57.6 Å². The lowest BCUT2D eigenvalue weighted by Crippen LogP contribution is -2.52. The molecule has 2 aromatic carbocycles. The fraction of sp³-hybridized carbons (Fsp3) is 0.462. The zero-order chi connectivity index (χ0) is 26.0. The minimum Gasteiger partial charge on any atom is -0.497 e. The zero-order valence-electron chi connectivity index (χ0n) is 21.3. The average Bonchev–Trinajstić information content (AvgIpc) is 2.82. The summed E-state index contributed by atoms with van der Waals surface area (Å²) in [4.78, 5) is 28.2. The number of aryl methyl sites for hydroxylation is 1. The number of anilines is 1. The van der Waals surface area contributed by atoms with Crippen molar-refractivity contribution in [1.29, 1.82) is 0 Å². The van der Waals surface area contributed by atoms with Crippen LogP contribution in [0.25, 0.3) is 0 Å². The Balaban J connectivity index is 2.41. The van der Waals surface area contributed by atoms with Gasteiger partial charge in [-0.25, -0.2) is 8.42 Å². The molecule has 0 bridgehead atoms. The van der Waals surface area contributed by atoms with Gasteiger partial charge in [0.25, 0.3) is 0 Å². The van der Waals surface area contributed by atoms with Crippen LogP contribution in [0.1, 0.15) is 44.2 Å². The summed E-state index contributed by atoms with van der Waals surface area (Å²) in [7, 11) is -2.18. The van der Waals surface area contributed by atoms with Gasteiger partial charge in [-0.15, -0.1) is 0 Å². The molecule has 0 fully saturated rings. The van der Waals surface area contributed by atoms with E-state index in [0.717, 1.165) is 34.5 Å². The monoisotopic (exact) mass is 503 g/mol.